The van der Waals surface area contributed by atoms with E-state index in [1.807, 2.05) is 6.07 Å². The second-order valence-corrected chi connectivity index (χ2v) is 6.17. The first-order valence-electron chi connectivity index (χ1n) is 4.85. The van der Waals surface area contributed by atoms with Crippen LogP contribution in [0.2, 0.25) is 0 Å². The quantitative estimate of drug-likeness (QED) is 0.787. The van der Waals surface area contributed by atoms with Gasteiger partial charge >= 0.3 is 0 Å². The van der Waals surface area contributed by atoms with Crippen LogP contribution in [0.4, 0.5) is 4.39 Å². The molecule has 1 aliphatic rings. The molecule has 1 heterocycles. The molecule has 15 heavy (non-hydrogen) atoms. The molecule has 82 valence electrons. The highest BCUT2D eigenvalue weighted by Crippen LogP contribution is 2.37. The average molecular weight is 291 g/mol. The molecule has 0 bridgehead atoms. The highest BCUT2D eigenvalue weighted by Gasteiger charge is 2.23. The Kier molecular flexibility index (Phi) is 3.38. The molecule has 1 aromatic carbocycles. The molecule has 0 spiro atoms. The SMILES string of the molecule is CC1C[C@@H](O)c2cc(Br)cc(F)c2CS1. The number of aliphatic hydroxyl groups excluding tert-OH is 1. The van der Waals surface area contributed by atoms with Gasteiger partial charge in [0.1, 0.15) is 5.82 Å². The Morgan fingerprint density at radius 2 is 2.27 bits per heavy atom. The van der Waals surface area contributed by atoms with E-state index in [9.17, 15) is 9.50 Å². The van der Waals surface area contributed by atoms with E-state index in [-0.39, 0.29) is 5.82 Å². The molecular weight excluding hydrogens is 279 g/mol. The van der Waals surface area contributed by atoms with E-state index < -0.39 is 6.10 Å². The van der Waals surface area contributed by atoms with E-state index in [0.29, 0.717) is 27.5 Å². The Morgan fingerprint density at radius 1 is 1.53 bits per heavy atom. The summed E-state index contributed by atoms with van der Waals surface area (Å²) in [5.74, 6) is 0.423. The standard InChI is InChI=1S/C11H12BrFOS/c1-6-2-11(14)8-3-7(12)4-10(13)9(8)5-15-6/h3-4,6,11,14H,2,5H2,1H3/t6?,11-/m1/s1. The zero-order valence-corrected chi connectivity index (χ0v) is 10.7. The molecule has 0 aromatic heterocycles. The van der Waals surface area contributed by atoms with Gasteiger partial charge in [-0.2, -0.15) is 11.8 Å². The maximum absolute atomic E-state index is 13.7. The van der Waals surface area contributed by atoms with Crippen molar-refractivity contribution >= 4 is 27.7 Å². The van der Waals surface area contributed by atoms with Gasteiger partial charge in [0, 0.05) is 21.0 Å². The molecule has 1 nitrogen and oxygen atoms in total. The van der Waals surface area contributed by atoms with Gasteiger partial charge in [-0.25, -0.2) is 4.39 Å². The highest BCUT2D eigenvalue weighted by atomic mass is 79.9. The van der Waals surface area contributed by atoms with Crippen molar-refractivity contribution in [2.45, 2.75) is 30.5 Å². The van der Waals surface area contributed by atoms with Crippen molar-refractivity contribution in [3.05, 3.63) is 33.5 Å². The summed E-state index contributed by atoms with van der Waals surface area (Å²) in [5.41, 5.74) is 1.39. The van der Waals surface area contributed by atoms with E-state index in [1.54, 1.807) is 11.8 Å². The molecule has 0 amide bonds. The van der Waals surface area contributed by atoms with Crippen molar-refractivity contribution in [2.75, 3.05) is 0 Å². The Bertz CT molecular complexity index is 383. The minimum absolute atomic E-state index is 0.222. The molecule has 1 aromatic rings. The molecule has 1 aliphatic heterocycles. The van der Waals surface area contributed by atoms with Gasteiger partial charge < -0.3 is 5.11 Å². The number of hydrogen-bond acceptors (Lipinski definition) is 2. The summed E-state index contributed by atoms with van der Waals surface area (Å²) in [6.07, 6.45) is 0.144. The van der Waals surface area contributed by atoms with Crippen LogP contribution in [0.1, 0.15) is 30.6 Å². The van der Waals surface area contributed by atoms with E-state index in [0.717, 1.165) is 5.56 Å². The highest BCUT2D eigenvalue weighted by molar-refractivity contribution is 9.10. The first kappa shape index (κ1) is 11.4. The maximum atomic E-state index is 13.7. The van der Waals surface area contributed by atoms with Crippen LogP contribution in [-0.4, -0.2) is 10.4 Å². The van der Waals surface area contributed by atoms with E-state index >= 15 is 0 Å². The zero-order valence-electron chi connectivity index (χ0n) is 8.34. The van der Waals surface area contributed by atoms with Crippen LogP contribution in [0.25, 0.3) is 0 Å². The third-order valence-corrected chi connectivity index (χ3v) is 4.30. The van der Waals surface area contributed by atoms with E-state index in [4.69, 9.17) is 0 Å². The molecule has 1 unspecified atom stereocenters. The fraction of sp³-hybridized carbons (Fsp3) is 0.455. The summed E-state index contributed by atoms with van der Waals surface area (Å²) in [7, 11) is 0. The van der Waals surface area contributed by atoms with Crippen LogP contribution in [-0.2, 0) is 5.75 Å². The lowest BCUT2D eigenvalue weighted by Gasteiger charge is -2.13. The molecule has 1 N–H and O–H groups in total. The first-order chi connectivity index (χ1) is 7.08. The predicted octanol–water partition coefficient (Wildman–Crippen LogP) is 3.65. The van der Waals surface area contributed by atoms with Crippen molar-refractivity contribution in [1.82, 2.24) is 0 Å². The van der Waals surface area contributed by atoms with Crippen LogP contribution in [0, 0.1) is 5.82 Å². The molecule has 2 rings (SSSR count). The minimum Gasteiger partial charge on any atom is -0.388 e. The Hall–Kier alpha value is -0.0600. The first-order valence-corrected chi connectivity index (χ1v) is 6.69. The van der Waals surface area contributed by atoms with E-state index in [2.05, 4.69) is 22.9 Å². The molecule has 2 atom stereocenters. The van der Waals surface area contributed by atoms with E-state index in [1.165, 1.54) is 6.07 Å². The summed E-state index contributed by atoms with van der Waals surface area (Å²) in [4.78, 5) is 0. The summed E-state index contributed by atoms with van der Waals surface area (Å²) in [6, 6.07) is 3.28. The Balaban J connectivity index is 2.48. The lowest BCUT2D eigenvalue weighted by atomic mass is 10.00. The largest absolute Gasteiger partial charge is 0.388 e. The van der Waals surface area contributed by atoms with Crippen molar-refractivity contribution in [3.63, 3.8) is 0 Å². The van der Waals surface area contributed by atoms with Crippen LogP contribution >= 0.6 is 27.7 Å². The van der Waals surface area contributed by atoms with Gasteiger partial charge in [0.25, 0.3) is 0 Å². The summed E-state index contributed by atoms with van der Waals surface area (Å²) >= 11 is 4.94. The number of fused-ring (bicyclic) bond motifs is 1. The van der Waals surface area contributed by atoms with Crippen LogP contribution < -0.4 is 0 Å². The molecule has 0 aliphatic carbocycles. The van der Waals surface area contributed by atoms with Gasteiger partial charge in [-0.05, 0) is 24.1 Å². The third kappa shape index (κ3) is 2.37. The van der Waals surface area contributed by atoms with Gasteiger partial charge in [-0.1, -0.05) is 22.9 Å². The van der Waals surface area contributed by atoms with Crippen molar-refractivity contribution in [3.8, 4) is 0 Å². The van der Waals surface area contributed by atoms with Gasteiger partial charge in [-0.3, -0.25) is 0 Å². The lowest BCUT2D eigenvalue weighted by Crippen LogP contribution is -2.04. The normalized spacial score (nSPS) is 25.9. The topological polar surface area (TPSA) is 20.2 Å². The van der Waals surface area contributed by atoms with Gasteiger partial charge in [0.15, 0.2) is 0 Å². The number of rotatable bonds is 0. The van der Waals surface area contributed by atoms with Crippen molar-refractivity contribution in [2.24, 2.45) is 0 Å². The van der Waals surface area contributed by atoms with Gasteiger partial charge in [-0.15, -0.1) is 0 Å². The minimum atomic E-state index is -0.544. The van der Waals surface area contributed by atoms with Gasteiger partial charge in [0.2, 0.25) is 0 Å². The Morgan fingerprint density at radius 3 is 3.00 bits per heavy atom. The van der Waals surface area contributed by atoms with Crippen molar-refractivity contribution in [1.29, 1.82) is 0 Å². The smallest absolute Gasteiger partial charge is 0.128 e. The number of benzene rings is 1. The molecule has 0 radical (unpaired) electrons. The van der Waals surface area contributed by atoms with Crippen LogP contribution in [0.15, 0.2) is 16.6 Å². The van der Waals surface area contributed by atoms with Crippen LogP contribution in [0.5, 0.6) is 0 Å². The number of hydrogen-bond donors (Lipinski definition) is 1. The number of aliphatic hydroxyl groups is 1. The number of thioether (sulfide) groups is 1. The molecular formula is C11H12BrFOS. The predicted molar refractivity (Wildman–Crippen MR) is 64.4 cm³/mol. The molecule has 0 fully saturated rings. The average Bonchev–Trinajstić information content (AvgIpc) is 2.27. The third-order valence-electron chi connectivity index (χ3n) is 2.62. The molecule has 0 saturated carbocycles. The molecule has 0 saturated heterocycles. The Labute approximate surface area is 101 Å². The van der Waals surface area contributed by atoms with Crippen LogP contribution in [0.3, 0.4) is 0 Å². The lowest BCUT2D eigenvalue weighted by molar-refractivity contribution is 0.168. The monoisotopic (exact) mass is 290 g/mol. The second-order valence-electron chi connectivity index (χ2n) is 3.83. The fourth-order valence-electron chi connectivity index (χ4n) is 1.81. The summed E-state index contributed by atoms with van der Waals surface area (Å²) in [5, 5.41) is 10.3. The van der Waals surface area contributed by atoms with Gasteiger partial charge in [0.05, 0.1) is 6.10 Å². The van der Waals surface area contributed by atoms with Crippen molar-refractivity contribution < 1.29 is 9.50 Å². The summed E-state index contributed by atoms with van der Waals surface area (Å²) < 4.78 is 14.4. The fourth-order valence-corrected chi connectivity index (χ4v) is 3.33. The second kappa shape index (κ2) is 4.44. The summed E-state index contributed by atoms with van der Waals surface area (Å²) in [6.45, 7) is 2.06. The molecule has 4 heteroatoms. The maximum Gasteiger partial charge on any atom is 0.128 e. The number of halogens is 2. The zero-order chi connectivity index (χ0) is 11.0.